The van der Waals surface area contributed by atoms with E-state index in [1.54, 1.807) is 13.3 Å². The molecule has 1 aromatic carbocycles. The summed E-state index contributed by atoms with van der Waals surface area (Å²) in [5.74, 6) is 0.724. The highest BCUT2D eigenvalue weighted by atomic mass is 16.5. The number of carbonyl (C=O) groups is 1. The molecule has 2 aromatic heterocycles. The van der Waals surface area contributed by atoms with Gasteiger partial charge in [0.25, 0.3) is 5.91 Å². The molecular weight excluding hydrogens is 406 g/mol. The van der Waals surface area contributed by atoms with Crippen molar-refractivity contribution in [3.05, 3.63) is 54.4 Å². The summed E-state index contributed by atoms with van der Waals surface area (Å²) < 4.78 is 5.10. The lowest BCUT2D eigenvalue weighted by molar-refractivity contribution is 0.100. The molecule has 1 saturated carbocycles. The average Bonchev–Trinajstić information content (AvgIpc) is 2.81. The van der Waals surface area contributed by atoms with E-state index in [-0.39, 0.29) is 17.6 Å². The highest BCUT2D eigenvalue weighted by molar-refractivity contribution is 5.98. The molecule has 6 N–H and O–H groups in total. The second kappa shape index (κ2) is 9.61. The largest absolute Gasteiger partial charge is 0.481 e. The highest BCUT2D eigenvalue weighted by Gasteiger charge is 2.23. The van der Waals surface area contributed by atoms with Crippen LogP contribution in [-0.2, 0) is 0 Å². The zero-order valence-corrected chi connectivity index (χ0v) is 17.9. The SMILES string of the molecule is COc1ccc(-c2ccc(Nc3nc(N[C@@H]4CCCC[C@@H]4N)ncc3C(N)=O)cc2)cn1. The van der Waals surface area contributed by atoms with Crippen LogP contribution in [0.15, 0.2) is 48.8 Å². The summed E-state index contributed by atoms with van der Waals surface area (Å²) in [6, 6.07) is 11.6. The number of rotatable bonds is 7. The molecule has 1 aliphatic rings. The molecule has 32 heavy (non-hydrogen) atoms. The second-order valence-electron chi connectivity index (χ2n) is 7.81. The van der Waals surface area contributed by atoms with E-state index < -0.39 is 5.91 Å². The standard InChI is InChI=1S/C23H27N7O2/c1-32-20-11-8-15(12-26-20)14-6-9-16(10-7-14)28-22-17(21(25)31)13-27-23(30-22)29-19-5-3-2-4-18(19)24/h6-13,18-19H,2-5,24H2,1H3,(H2,25,31)(H2,27,28,29,30)/t18-,19+/m0/s1. The van der Waals surface area contributed by atoms with Crippen LogP contribution in [0.3, 0.4) is 0 Å². The number of ether oxygens (including phenoxy) is 1. The third-order valence-corrected chi connectivity index (χ3v) is 5.61. The van der Waals surface area contributed by atoms with Crippen LogP contribution in [0.4, 0.5) is 17.5 Å². The third kappa shape index (κ3) is 4.94. The minimum absolute atomic E-state index is 0.0552. The van der Waals surface area contributed by atoms with Crippen LogP contribution < -0.4 is 26.8 Å². The van der Waals surface area contributed by atoms with Crippen molar-refractivity contribution in [2.45, 2.75) is 37.8 Å². The van der Waals surface area contributed by atoms with Crippen LogP contribution in [-0.4, -0.2) is 40.1 Å². The molecule has 0 spiro atoms. The van der Waals surface area contributed by atoms with E-state index in [9.17, 15) is 4.79 Å². The molecular formula is C23H27N7O2. The van der Waals surface area contributed by atoms with Gasteiger partial charge in [0.1, 0.15) is 11.4 Å². The van der Waals surface area contributed by atoms with Gasteiger partial charge in [-0.15, -0.1) is 0 Å². The molecule has 1 amide bonds. The highest BCUT2D eigenvalue weighted by Crippen LogP contribution is 2.26. The van der Waals surface area contributed by atoms with E-state index in [1.807, 2.05) is 36.4 Å². The van der Waals surface area contributed by atoms with E-state index in [1.165, 1.54) is 6.20 Å². The first-order valence-corrected chi connectivity index (χ1v) is 10.6. The summed E-state index contributed by atoms with van der Waals surface area (Å²) in [6.07, 6.45) is 7.38. The molecule has 0 radical (unpaired) electrons. The maximum atomic E-state index is 11.9. The topological polar surface area (TPSA) is 141 Å². The maximum Gasteiger partial charge on any atom is 0.254 e. The predicted octanol–water partition coefficient (Wildman–Crippen LogP) is 3.07. The summed E-state index contributed by atoms with van der Waals surface area (Å²) in [4.78, 5) is 24.9. The number of hydrogen-bond donors (Lipinski definition) is 4. The number of benzene rings is 1. The summed E-state index contributed by atoms with van der Waals surface area (Å²) >= 11 is 0. The monoisotopic (exact) mass is 433 g/mol. The fourth-order valence-electron chi connectivity index (χ4n) is 3.79. The number of carbonyl (C=O) groups excluding carboxylic acids is 1. The molecule has 2 atom stereocenters. The number of anilines is 3. The molecule has 0 bridgehead atoms. The molecule has 3 aromatic rings. The van der Waals surface area contributed by atoms with E-state index >= 15 is 0 Å². The van der Waals surface area contributed by atoms with Crippen LogP contribution in [0.25, 0.3) is 11.1 Å². The van der Waals surface area contributed by atoms with Crippen molar-refractivity contribution in [2.75, 3.05) is 17.7 Å². The lowest BCUT2D eigenvalue weighted by atomic mass is 9.91. The molecule has 9 heteroatoms. The molecule has 0 aliphatic heterocycles. The zero-order chi connectivity index (χ0) is 22.5. The van der Waals surface area contributed by atoms with Gasteiger partial charge < -0.3 is 26.8 Å². The fourth-order valence-corrected chi connectivity index (χ4v) is 3.79. The van der Waals surface area contributed by atoms with E-state index in [0.29, 0.717) is 17.6 Å². The summed E-state index contributed by atoms with van der Waals surface area (Å²) in [6.45, 7) is 0. The van der Waals surface area contributed by atoms with Crippen LogP contribution in [0, 0.1) is 0 Å². The van der Waals surface area contributed by atoms with Crippen molar-refractivity contribution >= 4 is 23.4 Å². The predicted molar refractivity (Wildman–Crippen MR) is 124 cm³/mol. The maximum absolute atomic E-state index is 11.9. The Bertz CT molecular complexity index is 1070. The van der Waals surface area contributed by atoms with Crippen molar-refractivity contribution in [1.29, 1.82) is 0 Å². The molecule has 1 aliphatic carbocycles. The van der Waals surface area contributed by atoms with E-state index in [2.05, 4.69) is 25.6 Å². The van der Waals surface area contributed by atoms with E-state index in [4.69, 9.17) is 16.2 Å². The molecule has 9 nitrogen and oxygen atoms in total. The fraction of sp³-hybridized carbons (Fsp3) is 0.304. The number of nitrogens with two attached hydrogens (primary N) is 2. The van der Waals surface area contributed by atoms with Crippen molar-refractivity contribution in [2.24, 2.45) is 11.5 Å². The lowest BCUT2D eigenvalue weighted by Gasteiger charge is -2.29. The molecule has 0 saturated heterocycles. The Morgan fingerprint density at radius 1 is 1.03 bits per heavy atom. The third-order valence-electron chi connectivity index (χ3n) is 5.61. The number of aromatic nitrogens is 3. The van der Waals surface area contributed by atoms with Gasteiger partial charge in [0.2, 0.25) is 11.8 Å². The first kappa shape index (κ1) is 21.5. The summed E-state index contributed by atoms with van der Waals surface area (Å²) in [5.41, 5.74) is 14.7. The van der Waals surface area contributed by atoms with Crippen LogP contribution >= 0.6 is 0 Å². The molecule has 4 rings (SSSR count). The lowest BCUT2D eigenvalue weighted by Crippen LogP contribution is -2.43. The van der Waals surface area contributed by atoms with Gasteiger partial charge >= 0.3 is 0 Å². The number of nitrogens with one attached hydrogen (secondary N) is 2. The van der Waals surface area contributed by atoms with Crippen molar-refractivity contribution in [3.8, 4) is 17.0 Å². The number of methoxy groups -OCH3 is 1. The first-order valence-electron chi connectivity index (χ1n) is 10.6. The molecule has 2 heterocycles. The minimum atomic E-state index is -0.602. The van der Waals surface area contributed by atoms with Crippen LogP contribution in [0.1, 0.15) is 36.0 Å². The van der Waals surface area contributed by atoms with Crippen molar-refractivity contribution in [1.82, 2.24) is 15.0 Å². The van der Waals surface area contributed by atoms with Gasteiger partial charge in [-0.25, -0.2) is 9.97 Å². The van der Waals surface area contributed by atoms with Gasteiger partial charge in [-0.2, -0.15) is 4.98 Å². The van der Waals surface area contributed by atoms with Gasteiger partial charge in [0, 0.05) is 41.8 Å². The Balaban J connectivity index is 1.53. The van der Waals surface area contributed by atoms with Crippen molar-refractivity contribution < 1.29 is 9.53 Å². The van der Waals surface area contributed by atoms with Gasteiger partial charge in [-0.1, -0.05) is 25.0 Å². The van der Waals surface area contributed by atoms with Gasteiger partial charge in [-0.05, 0) is 36.6 Å². The molecule has 166 valence electrons. The first-order chi connectivity index (χ1) is 15.5. The van der Waals surface area contributed by atoms with Gasteiger partial charge in [-0.3, -0.25) is 4.79 Å². The number of primary amides is 1. The Labute approximate surface area is 186 Å². The van der Waals surface area contributed by atoms with Crippen molar-refractivity contribution in [3.63, 3.8) is 0 Å². The second-order valence-corrected chi connectivity index (χ2v) is 7.81. The number of hydrogen-bond acceptors (Lipinski definition) is 8. The minimum Gasteiger partial charge on any atom is -0.481 e. The van der Waals surface area contributed by atoms with Gasteiger partial charge in [0.05, 0.1) is 7.11 Å². The van der Waals surface area contributed by atoms with Crippen LogP contribution in [0.2, 0.25) is 0 Å². The zero-order valence-electron chi connectivity index (χ0n) is 17.9. The number of nitrogens with zero attached hydrogens (tertiary/aromatic N) is 3. The smallest absolute Gasteiger partial charge is 0.254 e. The average molecular weight is 434 g/mol. The van der Waals surface area contributed by atoms with Gasteiger partial charge in [0.15, 0.2) is 0 Å². The Morgan fingerprint density at radius 2 is 1.78 bits per heavy atom. The number of amides is 1. The quantitative estimate of drug-likeness (QED) is 0.445. The Hall–Kier alpha value is -3.72. The molecule has 0 unspecified atom stereocenters. The normalized spacial score (nSPS) is 18.1. The summed E-state index contributed by atoms with van der Waals surface area (Å²) in [5, 5.41) is 6.49. The van der Waals surface area contributed by atoms with E-state index in [0.717, 1.165) is 42.5 Å². The molecule has 1 fully saturated rings. The Morgan fingerprint density at radius 3 is 2.44 bits per heavy atom. The van der Waals surface area contributed by atoms with Crippen LogP contribution in [0.5, 0.6) is 5.88 Å². The Kier molecular flexibility index (Phi) is 6.46. The number of pyridine rings is 1. The summed E-state index contributed by atoms with van der Waals surface area (Å²) in [7, 11) is 1.58.